The second kappa shape index (κ2) is 17.8. The molecule has 4 N–H and O–H groups in total. The Morgan fingerprint density at radius 2 is 1.78 bits per heavy atom. The largest absolute Gasteiger partial charge is 0.391 e. The minimum atomic E-state index is -1.42. The van der Waals surface area contributed by atoms with Gasteiger partial charge in [0.15, 0.2) is 0 Å². The monoisotopic (exact) mass is 659 g/mol. The topological polar surface area (TPSA) is 113 Å². The molecule has 5 atom stereocenters. The summed E-state index contributed by atoms with van der Waals surface area (Å²) in [6.07, 6.45) is 18.1. The van der Waals surface area contributed by atoms with Crippen molar-refractivity contribution in [1.82, 2.24) is 10.3 Å². The molecule has 2 saturated carbocycles. The average Bonchev–Trinajstić information content (AvgIpc) is 3.88. The van der Waals surface area contributed by atoms with Gasteiger partial charge in [0.1, 0.15) is 6.04 Å². The lowest BCUT2D eigenvalue weighted by molar-refractivity contribution is -0.144. The molecule has 0 aromatic heterocycles. The summed E-state index contributed by atoms with van der Waals surface area (Å²) in [5.74, 6) is 6.58. The minimum Gasteiger partial charge on any atom is -0.391 e. The van der Waals surface area contributed by atoms with E-state index >= 15 is 0 Å². The van der Waals surface area contributed by atoms with E-state index in [1.165, 1.54) is 5.01 Å². The number of hydrazine groups is 1. The molecule has 4 rings (SSSR count). The molecule has 0 bridgehead atoms. The van der Waals surface area contributed by atoms with Gasteiger partial charge in [-0.3, -0.25) is 18.8 Å². The number of hydrogen-bond donors (Lipinski definition) is 3. The third-order valence-corrected chi connectivity index (χ3v) is 11.4. The number of allylic oxidation sites excluding steroid dienone is 4. The number of nitrogens with two attached hydrogens (primary N) is 1. The van der Waals surface area contributed by atoms with Gasteiger partial charge in [-0.1, -0.05) is 81.4 Å². The number of rotatable bonds is 16. The Bertz CT molecular complexity index is 1190. The van der Waals surface area contributed by atoms with Gasteiger partial charge in [0, 0.05) is 15.7 Å². The van der Waals surface area contributed by atoms with Crippen LogP contribution in [0.4, 0.5) is 0 Å². The number of nitrogens with one attached hydrogen (secondary N) is 1. The number of amides is 2. The van der Waals surface area contributed by atoms with Crippen molar-refractivity contribution in [3.63, 3.8) is 0 Å². The third-order valence-electron chi connectivity index (χ3n) is 9.67. The fraction of sp³-hybridized carbons (Fsp3) is 0.667. The summed E-state index contributed by atoms with van der Waals surface area (Å²) in [7, 11) is -1.42. The summed E-state index contributed by atoms with van der Waals surface area (Å²) in [6, 6.07) is 5.63. The molecule has 3 aliphatic carbocycles. The first-order chi connectivity index (χ1) is 21.6. The van der Waals surface area contributed by atoms with Crippen molar-refractivity contribution in [2.24, 2.45) is 29.5 Å². The number of carbonyl (C=O) groups excluding carboxylic acids is 2. The van der Waals surface area contributed by atoms with Gasteiger partial charge < -0.3 is 10.4 Å². The van der Waals surface area contributed by atoms with E-state index in [9.17, 15) is 18.9 Å². The van der Waals surface area contributed by atoms with Crippen LogP contribution in [0, 0.1) is 23.7 Å². The second-order valence-corrected chi connectivity index (χ2v) is 15.9. The first-order valence-corrected chi connectivity index (χ1v) is 18.9. The molecule has 3 aliphatic rings. The average molecular weight is 660 g/mol. The molecular formula is C36H54ClN3O4S. The molecule has 0 saturated heterocycles. The number of benzene rings is 1. The fourth-order valence-corrected chi connectivity index (χ4v) is 8.20. The van der Waals surface area contributed by atoms with Crippen molar-refractivity contribution < 1.29 is 18.9 Å². The normalized spacial score (nSPS) is 20.9. The van der Waals surface area contributed by atoms with Crippen molar-refractivity contribution in [3.8, 4) is 0 Å². The van der Waals surface area contributed by atoms with Crippen LogP contribution in [-0.4, -0.2) is 50.1 Å². The predicted molar refractivity (Wildman–Crippen MR) is 183 cm³/mol. The predicted octanol–water partition coefficient (Wildman–Crippen LogP) is 6.85. The van der Waals surface area contributed by atoms with E-state index < -0.39 is 34.9 Å². The number of hydrogen-bond acceptors (Lipinski definition) is 5. The molecule has 1 aromatic carbocycles. The van der Waals surface area contributed by atoms with Crippen molar-refractivity contribution >= 4 is 34.2 Å². The minimum absolute atomic E-state index is 0.136. The van der Waals surface area contributed by atoms with Gasteiger partial charge in [0.25, 0.3) is 5.91 Å². The smallest absolute Gasteiger partial charge is 0.259 e. The van der Waals surface area contributed by atoms with Crippen LogP contribution >= 0.6 is 11.6 Å². The van der Waals surface area contributed by atoms with Crippen LogP contribution in [0.25, 0.3) is 0 Å². The van der Waals surface area contributed by atoms with Crippen LogP contribution in [0.3, 0.4) is 0 Å². The zero-order valence-corrected chi connectivity index (χ0v) is 28.7. The molecular weight excluding hydrogens is 606 g/mol. The highest BCUT2D eigenvalue weighted by Crippen LogP contribution is 2.36. The van der Waals surface area contributed by atoms with Crippen molar-refractivity contribution in [2.75, 3.05) is 5.75 Å². The molecule has 2 unspecified atom stereocenters. The Labute approximate surface area is 277 Å². The number of nitrogens with zero attached hydrogens (tertiary/aromatic N) is 1. The molecule has 7 nitrogen and oxygen atoms in total. The highest BCUT2D eigenvalue weighted by atomic mass is 35.5. The molecule has 0 spiro atoms. The van der Waals surface area contributed by atoms with Crippen LogP contribution < -0.4 is 11.2 Å². The van der Waals surface area contributed by atoms with Crippen molar-refractivity contribution in [1.29, 1.82) is 0 Å². The zero-order chi connectivity index (χ0) is 32.3. The summed E-state index contributed by atoms with van der Waals surface area (Å²) >= 11 is 6.06. The van der Waals surface area contributed by atoms with E-state index in [0.29, 0.717) is 41.0 Å². The number of aliphatic hydroxyl groups is 1. The van der Waals surface area contributed by atoms with Crippen LogP contribution in [0.5, 0.6) is 0 Å². The third kappa shape index (κ3) is 11.3. The van der Waals surface area contributed by atoms with E-state index in [4.69, 9.17) is 17.4 Å². The van der Waals surface area contributed by atoms with Crippen LogP contribution in [0.1, 0.15) is 104 Å². The lowest BCUT2D eigenvalue weighted by Crippen LogP contribution is -2.60. The Morgan fingerprint density at radius 3 is 2.44 bits per heavy atom. The van der Waals surface area contributed by atoms with Crippen LogP contribution in [0.2, 0.25) is 5.02 Å². The molecule has 0 radical (unpaired) electrons. The standard InChI is InChI=1S/C36H54ClN3O4S/c1-25(2)14-21-33(41)34(28-12-8-5-9-13-28)40(38)36(43)32(23-27-15-16-27)39-35(42)29(22-26-10-6-3-4-7-11-26)24-45(44)31-19-17-30(37)18-20-31/h3,6,10,17-20,25,27-29,32-34,41H,4-5,7-9,11-16,21-24,38H2,1-2H3,(H,39,42)/t29-,32+,33+,34?,45?/m1/s1. The lowest BCUT2D eigenvalue weighted by atomic mass is 9.80. The summed E-state index contributed by atoms with van der Waals surface area (Å²) in [6.45, 7) is 4.26. The van der Waals surface area contributed by atoms with Crippen LogP contribution in [0.15, 0.2) is 53.0 Å². The Morgan fingerprint density at radius 1 is 1.07 bits per heavy atom. The SMILES string of the molecule is CC(C)CC[C@H](O)C(C1CCCCC1)N(N)C(=O)[C@H](CC1CC1)NC(=O)[C@H](CC1=CC=CCCC1)CS(=O)c1ccc(Cl)cc1. The van der Waals surface area contributed by atoms with Crippen molar-refractivity contribution in [3.05, 3.63) is 53.1 Å². The van der Waals surface area contributed by atoms with E-state index in [1.807, 2.05) is 6.08 Å². The van der Waals surface area contributed by atoms with Gasteiger partial charge in [-0.25, -0.2) is 5.84 Å². The first kappa shape index (κ1) is 35.8. The van der Waals surface area contributed by atoms with Crippen molar-refractivity contribution in [2.45, 2.75) is 127 Å². The summed E-state index contributed by atoms with van der Waals surface area (Å²) < 4.78 is 13.5. The van der Waals surface area contributed by atoms with E-state index in [0.717, 1.165) is 76.2 Å². The number of aliphatic hydroxyl groups excluding tert-OH is 1. The van der Waals surface area contributed by atoms with E-state index in [2.05, 4.69) is 31.3 Å². The van der Waals surface area contributed by atoms with Gasteiger partial charge in [0.2, 0.25) is 5.91 Å². The van der Waals surface area contributed by atoms with Gasteiger partial charge in [0.05, 0.1) is 28.9 Å². The molecule has 0 aliphatic heterocycles. The maximum Gasteiger partial charge on any atom is 0.259 e. The quantitative estimate of drug-likeness (QED) is 0.102. The van der Waals surface area contributed by atoms with E-state index in [1.54, 1.807) is 24.3 Å². The Balaban J connectivity index is 1.54. The van der Waals surface area contributed by atoms with Gasteiger partial charge in [-0.15, -0.1) is 0 Å². The maximum absolute atomic E-state index is 14.2. The molecule has 1 aromatic rings. The molecule has 0 heterocycles. The fourth-order valence-electron chi connectivity index (χ4n) is 6.81. The molecule has 2 fully saturated rings. The van der Waals surface area contributed by atoms with Gasteiger partial charge >= 0.3 is 0 Å². The number of halogens is 1. The molecule has 45 heavy (non-hydrogen) atoms. The molecule has 2 amide bonds. The highest BCUT2D eigenvalue weighted by Gasteiger charge is 2.40. The maximum atomic E-state index is 14.2. The second-order valence-electron chi connectivity index (χ2n) is 13.9. The van der Waals surface area contributed by atoms with Gasteiger partial charge in [-0.2, -0.15) is 0 Å². The molecule has 9 heteroatoms. The summed E-state index contributed by atoms with van der Waals surface area (Å²) in [5, 5.41) is 16.3. The Kier molecular flexibility index (Phi) is 14.2. The van der Waals surface area contributed by atoms with E-state index in [-0.39, 0.29) is 23.5 Å². The summed E-state index contributed by atoms with van der Waals surface area (Å²) in [4.78, 5) is 28.9. The van der Waals surface area contributed by atoms with Gasteiger partial charge in [-0.05, 0) is 99.8 Å². The Hall–Kier alpha value is -2.00. The molecule has 250 valence electrons. The zero-order valence-electron chi connectivity index (χ0n) is 27.2. The highest BCUT2D eigenvalue weighted by molar-refractivity contribution is 7.85. The first-order valence-electron chi connectivity index (χ1n) is 17.2. The number of carbonyl (C=O) groups is 2. The lowest BCUT2D eigenvalue weighted by Gasteiger charge is -2.40. The summed E-state index contributed by atoms with van der Waals surface area (Å²) in [5.41, 5.74) is 1.15. The van der Waals surface area contributed by atoms with Crippen LogP contribution in [-0.2, 0) is 20.4 Å².